The van der Waals surface area contributed by atoms with Gasteiger partial charge in [-0.15, -0.1) is 0 Å². The van der Waals surface area contributed by atoms with Crippen LogP contribution in [0.15, 0.2) is 60.8 Å². The lowest BCUT2D eigenvalue weighted by Crippen LogP contribution is -2.44. The highest BCUT2D eigenvalue weighted by Gasteiger charge is 2.34. The summed E-state index contributed by atoms with van der Waals surface area (Å²) < 4.78 is 27.3. The molecule has 1 N–H and O–H groups in total. The molecule has 1 atom stereocenters. The van der Waals surface area contributed by atoms with Crippen LogP contribution in [0.3, 0.4) is 0 Å². The Labute approximate surface area is 168 Å². The van der Waals surface area contributed by atoms with Crippen molar-refractivity contribution in [2.45, 2.75) is 12.6 Å². The van der Waals surface area contributed by atoms with Gasteiger partial charge in [0.05, 0.1) is 19.9 Å². The second-order valence-corrected chi connectivity index (χ2v) is 6.74. The van der Waals surface area contributed by atoms with Crippen LogP contribution in [0.25, 0.3) is 0 Å². The molecule has 150 valence electrons. The minimum atomic E-state index is -0.524. The van der Waals surface area contributed by atoms with Gasteiger partial charge in [0, 0.05) is 36.6 Å². The first-order valence-corrected chi connectivity index (χ1v) is 9.31. The number of anilines is 1. The Hall–Kier alpha value is -3.48. The highest BCUT2D eigenvalue weighted by molar-refractivity contribution is 5.91. The van der Waals surface area contributed by atoms with E-state index >= 15 is 0 Å². The molecule has 2 heterocycles. The molecule has 0 bridgehead atoms. The van der Waals surface area contributed by atoms with Crippen LogP contribution in [0, 0.1) is 5.82 Å². The molecule has 6 nitrogen and oxygen atoms in total. The first-order valence-electron chi connectivity index (χ1n) is 9.31. The molecule has 0 fully saturated rings. The van der Waals surface area contributed by atoms with E-state index in [0.717, 1.165) is 5.69 Å². The van der Waals surface area contributed by atoms with E-state index in [9.17, 15) is 9.18 Å². The summed E-state index contributed by atoms with van der Waals surface area (Å²) in [6.07, 6.45) is 1.95. The standard InChI is InChI=1S/C22H22FN3O3/c1-28-15-9-10-18(20(14-15)29-2)24-22(27)26-13-12-25-11-5-8-19(25)21(26)16-6-3-4-7-17(16)23/h3-11,14,21H,12-13H2,1-2H3,(H,24,27)/t21-/m0/s1. The van der Waals surface area contributed by atoms with Gasteiger partial charge >= 0.3 is 6.03 Å². The van der Waals surface area contributed by atoms with Crippen molar-refractivity contribution in [2.24, 2.45) is 0 Å². The number of fused-ring (bicyclic) bond motifs is 1. The van der Waals surface area contributed by atoms with Gasteiger partial charge in [-0.2, -0.15) is 0 Å². The minimum absolute atomic E-state index is 0.325. The second-order valence-electron chi connectivity index (χ2n) is 6.74. The number of halogens is 1. The quantitative estimate of drug-likeness (QED) is 0.717. The number of nitrogens with zero attached hydrogens (tertiary/aromatic N) is 2. The van der Waals surface area contributed by atoms with Crippen molar-refractivity contribution >= 4 is 11.7 Å². The summed E-state index contributed by atoms with van der Waals surface area (Å²) in [5.41, 5.74) is 1.86. The number of urea groups is 1. The van der Waals surface area contributed by atoms with E-state index in [1.807, 2.05) is 18.3 Å². The first kappa shape index (κ1) is 18.9. The van der Waals surface area contributed by atoms with Crippen LogP contribution in [0.2, 0.25) is 0 Å². The van der Waals surface area contributed by atoms with E-state index < -0.39 is 6.04 Å². The van der Waals surface area contributed by atoms with Gasteiger partial charge in [0.1, 0.15) is 23.4 Å². The second kappa shape index (κ2) is 7.87. The zero-order chi connectivity index (χ0) is 20.4. The van der Waals surface area contributed by atoms with Gasteiger partial charge in [0.25, 0.3) is 0 Å². The zero-order valence-corrected chi connectivity index (χ0v) is 16.3. The van der Waals surface area contributed by atoms with Crippen LogP contribution >= 0.6 is 0 Å². The van der Waals surface area contributed by atoms with Gasteiger partial charge in [-0.05, 0) is 30.3 Å². The molecule has 0 radical (unpaired) electrons. The van der Waals surface area contributed by atoms with Crippen LogP contribution in [-0.4, -0.2) is 36.3 Å². The van der Waals surface area contributed by atoms with Gasteiger partial charge < -0.3 is 24.3 Å². The van der Waals surface area contributed by atoms with E-state index in [-0.39, 0.29) is 11.8 Å². The Bertz CT molecular complexity index is 1030. The molecule has 1 aromatic heterocycles. The Morgan fingerprint density at radius 2 is 1.90 bits per heavy atom. The lowest BCUT2D eigenvalue weighted by Gasteiger charge is -2.37. The van der Waals surface area contributed by atoms with Crippen LogP contribution in [0.4, 0.5) is 14.9 Å². The number of hydrogen-bond acceptors (Lipinski definition) is 3. The van der Waals surface area contributed by atoms with Gasteiger partial charge in [-0.25, -0.2) is 9.18 Å². The van der Waals surface area contributed by atoms with E-state index in [1.54, 1.807) is 48.4 Å². The van der Waals surface area contributed by atoms with Crippen molar-refractivity contribution in [2.75, 3.05) is 26.1 Å². The molecule has 0 aliphatic carbocycles. The molecular formula is C22H22FN3O3. The fourth-order valence-electron chi connectivity index (χ4n) is 3.72. The third kappa shape index (κ3) is 3.51. The maximum atomic E-state index is 14.6. The topological polar surface area (TPSA) is 55.7 Å². The fraction of sp³-hybridized carbons (Fsp3) is 0.227. The minimum Gasteiger partial charge on any atom is -0.497 e. The lowest BCUT2D eigenvalue weighted by molar-refractivity contribution is 0.180. The van der Waals surface area contributed by atoms with Gasteiger partial charge in [0.2, 0.25) is 0 Å². The number of carbonyl (C=O) groups is 1. The van der Waals surface area contributed by atoms with Crippen molar-refractivity contribution in [1.82, 2.24) is 9.47 Å². The third-order valence-corrected chi connectivity index (χ3v) is 5.15. The normalized spacial score (nSPS) is 15.6. The monoisotopic (exact) mass is 395 g/mol. The van der Waals surface area contributed by atoms with Gasteiger partial charge in [0.15, 0.2) is 0 Å². The van der Waals surface area contributed by atoms with E-state index in [2.05, 4.69) is 9.88 Å². The Morgan fingerprint density at radius 3 is 2.66 bits per heavy atom. The van der Waals surface area contributed by atoms with Gasteiger partial charge in [-0.3, -0.25) is 0 Å². The number of methoxy groups -OCH3 is 2. The SMILES string of the molecule is COc1ccc(NC(=O)N2CCn3cccc3[C@@H]2c2ccccc2F)c(OC)c1. The van der Waals surface area contributed by atoms with E-state index in [0.29, 0.717) is 35.8 Å². The molecule has 0 saturated heterocycles. The molecule has 29 heavy (non-hydrogen) atoms. The molecular weight excluding hydrogens is 373 g/mol. The number of ether oxygens (including phenoxy) is 2. The van der Waals surface area contributed by atoms with Crippen LogP contribution in [0.1, 0.15) is 17.3 Å². The van der Waals surface area contributed by atoms with Crippen molar-refractivity contribution < 1.29 is 18.7 Å². The molecule has 2 aromatic carbocycles. The van der Waals surface area contributed by atoms with Crippen LogP contribution in [-0.2, 0) is 6.54 Å². The molecule has 4 rings (SSSR count). The van der Waals surface area contributed by atoms with Crippen molar-refractivity contribution in [3.8, 4) is 11.5 Å². The average Bonchev–Trinajstić information content (AvgIpc) is 3.22. The van der Waals surface area contributed by atoms with Crippen molar-refractivity contribution in [3.05, 3.63) is 77.9 Å². The predicted molar refractivity (Wildman–Crippen MR) is 108 cm³/mol. The molecule has 1 aliphatic heterocycles. The van der Waals surface area contributed by atoms with Crippen LogP contribution < -0.4 is 14.8 Å². The van der Waals surface area contributed by atoms with E-state index in [1.165, 1.54) is 13.2 Å². The number of aromatic nitrogens is 1. The maximum Gasteiger partial charge on any atom is 0.322 e. The zero-order valence-electron chi connectivity index (χ0n) is 16.3. The maximum absolute atomic E-state index is 14.6. The number of nitrogens with one attached hydrogen (secondary N) is 1. The largest absolute Gasteiger partial charge is 0.497 e. The summed E-state index contributed by atoms with van der Waals surface area (Å²) in [5.74, 6) is 0.771. The lowest BCUT2D eigenvalue weighted by atomic mass is 9.99. The first-order chi connectivity index (χ1) is 14.1. The fourth-order valence-corrected chi connectivity index (χ4v) is 3.72. The summed E-state index contributed by atoms with van der Waals surface area (Å²) in [6, 6.07) is 14.7. The number of carbonyl (C=O) groups excluding carboxylic acids is 1. The summed E-state index contributed by atoms with van der Waals surface area (Å²) in [5, 5.41) is 2.90. The number of amides is 2. The average molecular weight is 395 g/mol. The summed E-state index contributed by atoms with van der Waals surface area (Å²) >= 11 is 0. The molecule has 2 amide bonds. The molecule has 0 saturated carbocycles. The summed E-state index contributed by atoms with van der Waals surface area (Å²) in [6.45, 7) is 1.09. The molecule has 0 spiro atoms. The molecule has 7 heteroatoms. The number of benzene rings is 2. The Kier molecular flexibility index (Phi) is 5.12. The molecule has 0 unspecified atom stereocenters. The van der Waals surface area contributed by atoms with E-state index in [4.69, 9.17) is 9.47 Å². The Balaban J connectivity index is 1.68. The molecule has 3 aromatic rings. The van der Waals surface area contributed by atoms with Crippen molar-refractivity contribution in [1.29, 1.82) is 0 Å². The van der Waals surface area contributed by atoms with Crippen molar-refractivity contribution in [3.63, 3.8) is 0 Å². The smallest absolute Gasteiger partial charge is 0.322 e. The third-order valence-electron chi connectivity index (χ3n) is 5.15. The van der Waals surface area contributed by atoms with Gasteiger partial charge in [-0.1, -0.05) is 18.2 Å². The molecule has 1 aliphatic rings. The summed E-state index contributed by atoms with van der Waals surface area (Å²) in [4.78, 5) is 14.9. The van der Waals surface area contributed by atoms with Crippen LogP contribution in [0.5, 0.6) is 11.5 Å². The highest BCUT2D eigenvalue weighted by Crippen LogP contribution is 2.35. The number of rotatable bonds is 4. The highest BCUT2D eigenvalue weighted by atomic mass is 19.1. The number of hydrogen-bond donors (Lipinski definition) is 1. The summed E-state index contributed by atoms with van der Waals surface area (Å²) in [7, 11) is 3.09. The predicted octanol–water partition coefficient (Wildman–Crippen LogP) is 4.28. The Morgan fingerprint density at radius 1 is 1.07 bits per heavy atom.